The first-order valence-electron chi connectivity index (χ1n) is 12.7. The van der Waals surface area contributed by atoms with Crippen LogP contribution in [0.4, 0.5) is 5.00 Å². The Kier molecular flexibility index (Phi) is 8.29. The average molecular weight is 538 g/mol. The van der Waals surface area contributed by atoms with Gasteiger partial charge in [-0.25, -0.2) is 0 Å². The molecule has 0 spiro atoms. The van der Waals surface area contributed by atoms with Crippen molar-refractivity contribution in [1.82, 2.24) is 14.8 Å². The molecule has 1 aliphatic carbocycles. The van der Waals surface area contributed by atoms with Gasteiger partial charge in [-0.2, -0.15) is 5.26 Å². The van der Waals surface area contributed by atoms with E-state index in [1.54, 1.807) is 11.3 Å². The molecule has 0 saturated carbocycles. The summed E-state index contributed by atoms with van der Waals surface area (Å²) in [6.45, 7) is 13.9. The van der Waals surface area contributed by atoms with Crippen molar-refractivity contribution in [2.75, 3.05) is 11.1 Å². The number of para-hydroxylation sites is 1. The molecule has 1 atom stereocenters. The fraction of sp³-hybridized carbons (Fsp3) is 0.500. The second-order valence-corrected chi connectivity index (χ2v) is 12.7. The van der Waals surface area contributed by atoms with Crippen molar-refractivity contribution in [1.29, 1.82) is 5.26 Å². The number of thioether (sulfide) groups is 1. The number of hydrogen-bond donors (Lipinski definition) is 1. The summed E-state index contributed by atoms with van der Waals surface area (Å²) in [6.07, 6.45) is 2.94. The number of carbonyl (C=O) groups is 1. The number of thiophene rings is 1. The zero-order valence-corrected chi connectivity index (χ0v) is 24.1. The van der Waals surface area contributed by atoms with E-state index in [1.165, 1.54) is 16.6 Å². The van der Waals surface area contributed by atoms with Crippen molar-refractivity contribution in [3.05, 3.63) is 51.2 Å². The summed E-state index contributed by atoms with van der Waals surface area (Å²) in [5, 5.41) is 22.8. The van der Waals surface area contributed by atoms with Crippen molar-refractivity contribution in [3.63, 3.8) is 0 Å². The van der Waals surface area contributed by atoms with E-state index in [9.17, 15) is 10.1 Å². The molecule has 0 bridgehead atoms. The molecular formula is C28H35N5O2S2. The van der Waals surface area contributed by atoms with Gasteiger partial charge in [-0.05, 0) is 68.1 Å². The van der Waals surface area contributed by atoms with Gasteiger partial charge in [-0.3, -0.25) is 4.79 Å². The van der Waals surface area contributed by atoms with Gasteiger partial charge in [0.25, 0.3) is 0 Å². The number of nitriles is 1. The van der Waals surface area contributed by atoms with Gasteiger partial charge in [0, 0.05) is 11.4 Å². The third-order valence-electron chi connectivity index (χ3n) is 7.05. The van der Waals surface area contributed by atoms with Crippen LogP contribution in [0.15, 0.2) is 23.4 Å². The van der Waals surface area contributed by atoms with Gasteiger partial charge in [-0.1, -0.05) is 50.7 Å². The normalized spacial score (nSPS) is 15.2. The fourth-order valence-corrected chi connectivity index (χ4v) is 6.95. The van der Waals surface area contributed by atoms with Gasteiger partial charge in [0.05, 0.1) is 11.3 Å². The SMILES string of the molecule is CCn1c(COc2c(C)cccc2C)nnc1SCC(=O)Nc1sc2c(c1C#N)CC[C@@H](C(C)(C)C)C2. The molecule has 3 aromatic rings. The predicted octanol–water partition coefficient (Wildman–Crippen LogP) is 6.31. The van der Waals surface area contributed by atoms with Crippen LogP contribution in [0.2, 0.25) is 0 Å². The number of aryl methyl sites for hydroxylation is 2. The highest BCUT2D eigenvalue weighted by molar-refractivity contribution is 7.99. The number of nitrogens with one attached hydrogen (secondary N) is 1. The topological polar surface area (TPSA) is 92.8 Å². The van der Waals surface area contributed by atoms with Crippen LogP contribution in [0.5, 0.6) is 5.75 Å². The number of anilines is 1. The van der Waals surface area contributed by atoms with Gasteiger partial charge in [0.15, 0.2) is 11.0 Å². The van der Waals surface area contributed by atoms with Gasteiger partial charge >= 0.3 is 0 Å². The molecule has 4 rings (SSSR count). The zero-order chi connectivity index (χ0) is 26.7. The molecule has 0 aliphatic heterocycles. The molecular weight excluding hydrogens is 502 g/mol. The molecule has 0 unspecified atom stereocenters. The molecule has 2 aromatic heterocycles. The summed E-state index contributed by atoms with van der Waals surface area (Å²) in [5.74, 6) is 2.21. The maximum absolute atomic E-state index is 12.9. The highest BCUT2D eigenvalue weighted by atomic mass is 32.2. The first-order valence-corrected chi connectivity index (χ1v) is 14.5. The Bertz CT molecular complexity index is 1310. The molecule has 196 valence electrons. The van der Waals surface area contributed by atoms with E-state index < -0.39 is 0 Å². The first-order chi connectivity index (χ1) is 17.6. The Morgan fingerprint density at radius 2 is 2.03 bits per heavy atom. The predicted molar refractivity (Wildman–Crippen MR) is 149 cm³/mol. The standard InChI is InChI=1S/C28H35N5O2S2/c1-7-33-23(15-35-25-17(2)9-8-10-18(25)3)31-32-27(33)36-16-24(34)30-26-21(14-29)20-12-11-19(28(4,5)6)13-22(20)37-26/h8-10,19H,7,11-13,15-16H2,1-6H3,(H,30,34)/t19-/m1/s1. The van der Waals surface area contributed by atoms with E-state index in [-0.39, 0.29) is 17.1 Å². The number of benzene rings is 1. The minimum absolute atomic E-state index is 0.147. The quantitative estimate of drug-likeness (QED) is 0.339. The number of carbonyl (C=O) groups excluding carboxylic acids is 1. The highest BCUT2D eigenvalue weighted by Gasteiger charge is 2.32. The van der Waals surface area contributed by atoms with E-state index in [0.717, 1.165) is 47.5 Å². The van der Waals surface area contributed by atoms with Crippen molar-refractivity contribution in [3.8, 4) is 11.8 Å². The van der Waals surface area contributed by atoms with Crippen LogP contribution in [-0.4, -0.2) is 26.4 Å². The number of aromatic nitrogens is 3. The highest BCUT2D eigenvalue weighted by Crippen LogP contribution is 2.44. The molecule has 1 amide bonds. The number of rotatable bonds is 8. The van der Waals surface area contributed by atoms with Crippen LogP contribution >= 0.6 is 23.1 Å². The minimum Gasteiger partial charge on any atom is -0.485 e. The molecule has 0 radical (unpaired) electrons. The van der Waals surface area contributed by atoms with Crippen molar-refractivity contribution in [2.45, 2.75) is 79.1 Å². The van der Waals surface area contributed by atoms with Crippen LogP contribution in [-0.2, 0) is 30.8 Å². The van der Waals surface area contributed by atoms with E-state index in [1.807, 2.05) is 43.5 Å². The number of nitrogens with zero attached hydrogens (tertiary/aromatic N) is 4. The van der Waals surface area contributed by atoms with E-state index in [0.29, 0.717) is 34.8 Å². The number of fused-ring (bicyclic) bond motifs is 1. The summed E-state index contributed by atoms with van der Waals surface area (Å²) in [4.78, 5) is 14.1. The molecule has 1 N–H and O–H groups in total. The summed E-state index contributed by atoms with van der Waals surface area (Å²) in [6, 6.07) is 8.41. The fourth-order valence-electron chi connectivity index (χ4n) is 4.84. The Morgan fingerprint density at radius 1 is 1.30 bits per heavy atom. The lowest BCUT2D eigenvalue weighted by Crippen LogP contribution is -2.26. The van der Waals surface area contributed by atoms with Crippen LogP contribution < -0.4 is 10.1 Å². The summed E-state index contributed by atoms with van der Waals surface area (Å²) >= 11 is 2.90. The van der Waals surface area contributed by atoms with Crippen LogP contribution in [0.1, 0.15) is 67.1 Å². The van der Waals surface area contributed by atoms with Crippen molar-refractivity contribution >= 4 is 34.0 Å². The maximum atomic E-state index is 12.9. The van der Waals surface area contributed by atoms with Crippen LogP contribution in [0.25, 0.3) is 0 Å². The second kappa shape index (κ2) is 11.3. The molecule has 2 heterocycles. The van der Waals surface area contributed by atoms with Crippen molar-refractivity contribution < 1.29 is 9.53 Å². The molecule has 9 heteroatoms. The van der Waals surface area contributed by atoms with Gasteiger partial charge in [0.2, 0.25) is 5.91 Å². The summed E-state index contributed by atoms with van der Waals surface area (Å²) in [7, 11) is 0. The third kappa shape index (κ3) is 6.02. The Balaban J connectivity index is 1.39. The van der Waals surface area contributed by atoms with Crippen molar-refractivity contribution in [2.24, 2.45) is 11.3 Å². The molecule has 1 aliphatic rings. The van der Waals surface area contributed by atoms with Gasteiger partial charge in [0.1, 0.15) is 23.4 Å². The summed E-state index contributed by atoms with van der Waals surface area (Å²) in [5.41, 5.74) is 4.14. The molecule has 1 aromatic carbocycles. The van der Waals surface area contributed by atoms with E-state index in [4.69, 9.17) is 4.74 Å². The zero-order valence-electron chi connectivity index (χ0n) is 22.5. The third-order valence-corrected chi connectivity index (χ3v) is 9.19. The number of amides is 1. The van der Waals surface area contributed by atoms with Gasteiger partial charge < -0.3 is 14.6 Å². The Labute approximate surface area is 227 Å². The number of ether oxygens (including phenoxy) is 1. The summed E-state index contributed by atoms with van der Waals surface area (Å²) < 4.78 is 8.04. The average Bonchev–Trinajstić information content (AvgIpc) is 3.40. The Hall–Kier alpha value is -2.83. The molecule has 7 nitrogen and oxygen atoms in total. The molecule has 0 fully saturated rings. The first kappa shape index (κ1) is 27.2. The largest absolute Gasteiger partial charge is 0.485 e. The van der Waals surface area contributed by atoms with E-state index >= 15 is 0 Å². The van der Waals surface area contributed by atoms with Gasteiger partial charge in [-0.15, -0.1) is 21.5 Å². The van der Waals surface area contributed by atoms with Crippen LogP contribution in [0.3, 0.4) is 0 Å². The number of hydrogen-bond acceptors (Lipinski definition) is 7. The lowest BCUT2D eigenvalue weighted by Gasteiger charge is -2.33. The van der Waals surface area contributed by atoms with Crippen LogP contribution in [0, 0.1) is 36.5 Å². The molecule has 0 saturated heterocycles. The second-order valence-electron chi connectivity index (χ2n) is 10.6. The maximum Gasteiger partial charge on any atom is 0.235 e. The molecule has 37 heavy (non-hydrogen) atoms. The van der Waals surface area contributed by atoms with E-state index in [2.05, 4.69) is 42.4 Å². The lowest BCUT2D eigenvalue weighted by atomic mass is 9.72. The monoisotopic (exact) mass is 537 g/mol. The lowest BCUT2D eigenvalue weighted by molar-refractivity contribution is -0.113. The Morgan fingerprint density at radius 3 is 2.68 bits per heavy atom. The smallest absolute Gasteiger partial charge is 0.235 e. The minimum atomic E-state index is -0.147.